The number of hydrogen-bond donors (Lipinski definition) is 2. The Balaban J connectivity index is 1.95. The predicted molar refractivity (Wildman–Crippen MR) is 90.3 cm³/mol. The number of benzene rings is 1. The quantitative estimate of drug-likeness (QED) is 0.785. The van der Waals surface area contributed by atoms with E-state index in [0.29, 0.717) is 13.1 Å². The SMILES string of the molecule is CCCC(C=CC(=O)N1Cc2ccccc2C1)NC(=O)C(C)N. The van der Waals surface area contributed by atoms with E-state index in [4.69, 9.17) is 5.73 Å². The lowest BCUT2D eigenvalue weighted by Crippen LogP contribution is -2.43. The summed E-state index contributed by atoms with van der Waals surface area (Å²) in [7, 11) is 0. The fourth-order valence-electron chi connectivity index (χ4n) is 2.63. The van der Waals surface area contributed by atoms with Crippen LogP contribution in [0.1, 0.15) is 37.8 Å². The zero-order chi connectivity index (χ0) is 16.8. The summed E-state index contributed by atoms with van der Waals surface area (Å²) < 4.78 is 0. The molecule has 0 bridgehead atoms. The molecule has 0 spiro atoms. The highest BCUT2D eigenvalue weighted by Crippen LogP contribution is 2.22. The largest absolute Gasteiger partial charge is 0.349 e. The van der Waals surface area contributed by atoms with Crippen molar-refractivity contribution in [1.29, 1.82) is 0 Å². The van der Waals surface area contributed by atoms with Crippen LogP contribution in [-0.2, 0) is 22.7 Å². The van der Waals surface area contributed by atoms with Crippen molar-refractivity contribution in [2.75, 3.05) is 0 Å². The van der Waals surface area contributed by atoms with Gasteiger partial charge in [0.2, 0.25) is 11.8 Å². The van der Waals surface area contributed by atoms with E-state index in [1.165, 1.54) is 11.1 Å². The van der Waals surface area contributed by atoms with Crippen molar-refractivity contribution in [3.8, 4) is 0 Å². The first kappa shape index (κ1) is 17.2. The molecule has 2 atom stereocenters. The molecule has 23 heavy (non-hydrogen) atoms. The lowest BCUT2D eigenvalue weighted by atomic mass is 10.1. The zero-order valence-electron chi connectivity index (χ0n) is 13.8. The molecule has 3 N–H and O–H groups in total. The number of carbonyl (C=O) groups excluding carboxylic acids is 2. The zero-order valence-corrected chi connectivity index (χ0v) is 13.8. The van der Waals surface area contributed by atoms with Crippen LogP contribution in [0.15, 0.2) is 36.4 Å². The summed E-state index contributed by atoms with van der Waals surface area (Å²) >= 11 is 0. The van der Waals surface area contributed by atoms with Crippen LogP contribution in [0.5, 0.6) is 0 Å². The number of nitrogens with zero attached hydrogens (tertiary/aromatic N) is 1. The normalized spacial score (nSPS) is 16.2. The summed E-state index contributed by atoms with van der Waals surface area (Å²) in [6.45, 7) is 4.97. The van der Waals surface area contributed by atoms with Gasteiger partial charge in [-0.1, -0.05) is 43.7 Å². The van der Waals surface area contributed by atoms with E-state index in [1.807, 2.05) is 19.1 Å². The van der Waals surface area contributed by atoms with Crippen molar-refractivity contribution in [2.24, 2.45) is 5.73 Å². The molecule has 0 saturated carbocycles. The monoisotopic (exact) mass is 315 g/mol. The summed E-state index contributed by atoms with van der Waals surface area (Å²) in [5, 5.41) is 2.86. The van der Waals surface area contributed by atoms with Gasteiger partial charge in [-0.2, -0.15) is 0 Å². The Morgan fingerprint density at radius 3 is 2.43 bits per heavy atom. The number of amides is 2. The number of fused-ring (bicyclic) bond motifs is 1. The topological polar surface area (TPSA) is 75.4 Å². The third-order valence-electron chi connectivity index (χ3n) is 3.96. The van der Waals surface area contributed by atoms with Gasteiger partial charge in [-0.15, -0.1) is 0 Å². The van der Waals surface area contributed by atoms with Crippen molar-refractivity contribution in [3.05, 3.63) is 47.5 Å². The van der Waals surface area contributed by atoms with Gasteiger partial charge in [0.1, 0.15) is 0 Å². The molecule has 2 unspecified atom stereocenters. The Morgan fingerprint density at radius 1 is 1.30 bits per heavy atom. The smallest absolute Gasteiger partial charge is 0.246 e. The Bertz CT molecular complexity index is 571. The van der Waals surface area contributed by atoms with Gasteiger partial charge in [-0.05, 0) is 24.5 Å². The molecule has 0 saturated heterocycles. The molecule has 0 radical (unpaired) electrons. The Hall–Kier alpha value is -2.14. The Kier molecular flexibility index (Phi) is 5.93. The maximum Gasteiger partial charge on any atom is 0.246 e. The Labute approximate surface area is 137 Å². The van der Waals surface area contributed by atoms with Gasteiger partial charge in [0, 0.05) is 25.2 Å². The second-order valence-corrected chi connectivity index (χ2v) is 6.01. The fraction of sp³-hybridized carbons (Fsp3) is 0.444. The average Bonchev–Trinajstić information content (AvgIpc) is 2.96. The molecule has 5 heteroatoms. The number of rotatable bonds is 6. The molecule has 2 amide bonds. The molecule has 1 aliphatic heterocycles. The number of carbonyl (C=O) groups is 2. The van der Waals surface area contributed by atoms with E-state index >= 15 is 0 Å². The lowest BCUT2D eigenvalue weighted by Gasteiger charge is -2.17. The van der Waals surface area contributed by atoms with Gasteiger partial charge >= 0.3 is 0 Å². The third kappa shape index (κ3) is 4.66. The van der Waals surface area contributed by atoms with Gasteiger partial charge in [0.05, 0.1) is 6.04 Å². The molecular formula is C18H25N3O2. The molecule has 1 aromatic rings. The minimum Gasteiger partial charge on any atom is -0.349 e. The van der Waals surface area contributed by atoms with Crippen LogP contribution in [0.25, 0.3) is 0 Å². The van der Waals surface area contributed by atoms with Gasteiger partial charge in [0.15, 0.2) is 0 Å². The summed E-state index contributed by atoms with van der Waals surface area (Å²) in [4.78, 5) is 25.9. The van der Waals surface area contributed by atoms with Gasteiger partial charge in [-0.3, -0.25) is 9.59 Å². The molecule has 1 heterocycles. The van der Waals surface area contributed by atoms with Crippen molar-refractivity contribution < 1.29 is 9.59 Å². The van der Waals surface area contributed by atoms with Crippen molar-refractivity contribution >= 4 is 11.8 Å². The Morgan fingerprint density at radius 2 is 1.91 bits per heavy atom. The molecule has 0 fully saturated rings. The summed E-state index contributed by atoms with van der Waals surface area (Å²) in [5.74, 6) is -0.230. The van der Waals surface area contributed by atoms with Crippen LogP contribution in [0.3, 0.4) is 0 Å². The van der Waals surface area contributed by atoms with Crippen molar-refractivity contribution in [2.45, 2.75) is 51.9 Å². The van der Waals surface area contributed by atoms with Gasteiger partial charge in [0.25, 0.3) is 0 Å². The summed E-state index contributed by atoms with van der Waals surface area (Å²) in [5.41, 5.74) is 7.97. The van der Waals surface area contributed by atoms with E-state index < -0.39 is 6.04 Å². The van der Waals surface area contributed by atoms with Crippen LogP contribution in [0, 0.1) is 0 Å². The van der Waals surface area contributed by atoms with Crippen LogP contribution in [0.2, 0.25) is 0 Å². The van der Waals surface area contributed by atoms with Gasteiger partial charge < -0.3 is 16.0 Å². The maximum absolute atomic E-state index is 12.3. The highest BCUT2D eigenvalue weighted by Gasteiger charge is 2.21. The predicted octanol–water partition coefficient (Wildman–Crippen LogP) is 1.72. The standard InChI is InChI=1S/C18H25N3O2/c1-3-6-16(20-18(23)13(2)19)9-10-17(22)21-11-14-7-4-5-8-15(14)12-21/h4-5,7-10,13,16H,3,6,11-12,19H2,1-2H3,(H,20,23). The number of nitrogens with two attached hydrogens (primary N) is 1. The molecule has 1 aromatic carbocycles. The first-order valence-corrected chi connectivity index (χ1v) is 8.11. The highest BCUT2D eigenvalue weighted by molar-refractivity contribution is 5.88. The van der Waals surface area contributed by atoms with Crippen LogP contribution in [-0.4, -0.2) is 28.8 Å². The third-order valence-corrected chi connectivity index (χ3v) is 3.96. The average molecular weight is 315 g/mol. The van der Waals surface area contributed by atoms with Crippen LogP contribution >= 0.6 is 0 Å². The minimum absolute atomic E-state index is 0.0302. The van der Waals surface area contributed by atoms with Crippen molar-refractivity contribution in [1.82, 2.24) is 10.2 Å². The lowest BCUT2D eigenvalue weighted by molar-refractivity contribution is -0.126. The minimum atomic E-state index is -0.550. The maximum atomic E-state index is 12.3. The molecule has 0 aliphatic carbocycles. The molecule has 5 nitrogen and oxygen atoms in total. The first-order chi connectivity index (χ1) is 11.0. The molecule has 1 aliphatic rings. The van der Waals surface area contributed by atoms with E-state index in [9.17, 15) is 9.59 Å². The summed E-state index contributed by atoms with van der Waals surface area (Å²) in [6, 6.07) is 7.37. The van der Waals surface area contributed by atoms with Crippen LogP contribution < -0.4 is 11.1 Å². The fourth-order valence-corrected chi connectivity index (χ4v) is 2.63. The van der Waals surface area contributed by atoms with Gasteiger partial charge in [-0.25, -0.2) is 0 Å². The molecule has 0 aromatic heterocycles. The van der Waals surface area contributed by atoms with Crippen molar-refractivity contribution in [3.63, 3.8) is 0 Å². The van der Waals surface area contributed by atoms with E-state index in [-0.39, 0.29) is 17.9 Å². The van der Waals surface area contributed by atoms with E-state index in [0.717, 1.165) is 12.8 Å². The molecular weight excluding hydrogens is 290 g/mol. The summed E-state index contributed by atoms with van der Waals surface area (Å²) in [6.07, 6.45) is 5.03. The second kappa shape index (κ2) is 7.92. The number of hydrogen-bond acceptors (Lipinski definition) is 3. The van der Waals surface area contributed by atoms with Crippen LogP contribution in [0.4, 0.5) is 0 Å². The first-order valence-electron chi connectivity index (χ1n) is 8.11. The molecule has 2 rings (SSSR count). The van der Waals surface area contributed by atoms with E-state index in [2.05, 4.69) is 17.4 Å². The molecule has 124 valence electrons. The van der Waals surface area contributed by atoms with E-state index in [1.54, 1.807) is 24.0 Å². The highest BCUT2D eigenvalue weighted by atomic mass is 16.2. The number of nitrogens with one attached hydrogen (secondary N) is 1. The second-order valence-electron chi connectivity index (χ2n) is 6.01.